The van der Waals surface area contributed by atoms with E-state index in [9.17, 15) is 0 Å². The van der Waals surface area contributed by atoms with E-state index in [-0.39, 0.29) is 5.54 Å². The second kappa shape index (κ2) is 3.47. The fourth-order valence-electron chi connectivity index (χ4n) is 1.67. The first kappa shape index (κ1) is 9.57. The fourth-order valence-corrected chi connectivity index (χ4v) is 1.67. The molecule has 0 aromatic heterocycles. The Morgan fingerprint density at radius 3 is 2.67 bits per heavy atom. The minimum absolute atomic E-state index is 0.0361. The molecule has 1 rings (SSSR count). The molecule has 1 unspecified atom stereocenters. The van der Waals surface area contributed by atoms with Gasteiger partial charge < -0.3 is 5.73 Å². The molecule has 1 fully saturated rings. The molecule has 2 N–H and O–H groups in total. The zero-order chi connectivity index (χ0) is 9.19. The Kier molecular flexibility index (Phi) is 2.76. The van der Waals surface area contributed by atoms with Crippen LogP contribution in [0.25, 0.3) is 0 Å². The minimum Gasteiger partial charge on any atom is -0.324 e. The normalized spacial score (nSPS) is 21.9. The number of rotatable bonds is 4. The first-order valence-corrected chi connectivity index (χ1v) is 4.47. The maximum absolute atomic E-state index is 6.14. The molecule has 0 bridgehead atoms. The predicted octanol–water partition coefficient (Wildman–Crippen LogP) is 0.679. The van der Waals surface area contributed by atoms with Gasteiger partial charge in [0.1, 0.15) is 0 Å². The standard InChI is InChI=1S/C10H18N2/c1-4-7-12(3)8-10(2,11)9-5-6-9/h1,9H,5-8,11H2,2-3H3. The SMILES string of the molecule is C#CCN(C)CC(C)(N)C1CC1. The molecule has 0 radical (unpaired) electrons. The fraction of sp³-hybridized carbons (Fsp3) is 0.800. The maximum Gasteiger partial charge on any atom is 0.0597 e. The van der Waals surface area contributed by atoms with Crippen LogP contribution in [0, 0.1) is 18.3 Å². The number of terminal acetylenes is 1. The second-order valence-corrected chi connectivity index (χ2v) is 4.16. The van der Waals surface area contributed by atoms with E-state index < -0.39 is 0 Å². The summed E-state index contributed by atoms with van der Waals surface area (Å²) in [6.45, 7) is 3.72. The molecular formula is C10H18N2. The van der Waals surface area contributed by atoms with Crippen LogP contribution in [0.3, 0.4) is 0 Å². The lowest BCUT2D eigenvalue weighted by Gasteiger charge is -2.29. The monoisotopic (exact) mass is 166 g/mol. The van der Waals surface area contributed by atoms with Crippen LogP contribution in [0.1, 0.15) is 19.8 Å². The Morgan fingerprint density at radius 1 is 1.67 bits per heavy atom. The van der Waals surface area contributed by atoms with Gasteiger partial charge in [-0.15, -0.1) is 6.42 Å². The van der Waals surface area contributed by atoms with E-state index in [4.69, 9.17) is 12.2 Å². The summed E-state index contributed by atoms with van der Waals surface area (Å²) in [5.74, 6) is 3.34. The average Bonchev–Trinajstić information content (AvgIpc) is 2.65. The zero-order valence-corrected chi connectivity index (χ0v) is 8.01. The van der Waals surface area contributed by atoms with Crippen LogP contribution in [0.15, 0.2) is 0 Å². The summed E-state index contributed by atoms with van der Waals surface area (Å²) >= 11 is 0. The summed E-state index contributed by atoms with van der Waals surface area (Å²) in [4.78, 5) is 2.11. The first-order chi connectivity index (χ1) is 5.56. The van der Waals surface area contributed by atoms with Crippen LogP contribution >= 0.6 is 0 Å². The van der Waals surface area contributed by atoms with Crippen LogP contribution in [-0.2, 0) is 0 Å². The third-order valence-corrected chi connectivity index (χ3v) is 2.48. The number of likely N-dealkylation sites (N-methyl/N-ethyl adjacent to an activating group) is 1. The van der Waals surface area contributed by atoms with E-state index in [1.807, 2.05) is 7.05 Å². The zero-order valence-electron chi connectivity index (χ0n) is 8.01. The van der Waals surface area contributed by atoms with Crippen LogP contribution < -0.4 is 5.73 Å². The Labute approximate surface area is 75.1 Å². The first-order valence-electron chi connectivity index (χ1n) is 4.47. The largest absolute Gasteiger partial charge is 0.324 e. The van der Waals surface area contributed by atoms with Crippen molar-refractivity contribution in [3.05, 3.63) is 0 Å². The Morgan fingerprint density at radius 2 is 2.25 bits per heavy atom. The van der Waals surface area contributed by atoms with E-state index in [0.717, 1.165) is 12.5 Å². The highest BCUT2D eigenvalue weighted by Crippen LogP contribution is 2.38. The summed E-state index contributed by atoms with van der Waals surface area (Å²) in [7, 11) is 2.02. The lowest BCUT2D eigenvalue weighted by atomic mass is 9.97. The number of hydrogen-bond acceptors (Lipinski definition) is 2. The summed E-state index contributed by atoms with van der Waals surface area (Å²) < 4.78 is 0. The van der Waals surface area contributed by atoms with Gasteiger partial charge in [-0.3, -0.25) is 4.90 Å². The van der Waals surface area contributed by atoms with Crippen LogP contribution in [0.5, 0.6) is 0 Å². The molecule has 0 spiro atoms. The highest BCUT2D eigenvalue weighted by atomic mass is 15.1. The summed E-state index contributed by atoms with van der Waals surface area (Å²) in [6, 6.07) is 0. The van der Waals surface area contributed by atoms with Gasteiger partial charge in [0, 0.05) is 12.1 Å². The highest BCUT2D eigenvalue weighted by molar-refractivity contribution is 4.98. The van der Waals surface area contributed by atoms with Crippen molar-refractivity contribution in [1.82, 2.24) is 4.90 Å². The molecule has 1 aliphatic rings. The lowest BCUT2D eigenvalue weighted by Crippen LogP contribution is -2.48. The van der Waals surface area contributed by atoms with Gasteiger partial charge in [-0.25, -0.2) is 0 Å². The number of nitrogens with two attached hydrogens (primary N) is 1. The van der Waals surface area contributed by atoms with E-state index in [1.165, 1.54) is 12.8 Å². The third kappa shape index (κ3) is 2.51. The summed E-state index contributed by atoms with van der Waals surface area (Å²) in [5.41, 5.74) is 6.11. The van der Waals surface area contributed by atoms with Crippen LogP contribution in [0.2, 0.25) is 0 Å². The van der Waals surface area contributed by atoms with E-state index in [0.29, 0.717) is 6.54 Å². The van der Waals surface area contributed by atoms with Gasteiger partial charge in [0.15, 0.2) is 0 Å². The minimum atomic E-state index is -0.0361. The van der Waals surface area contributed by atoms with Gasteiger partial charge >= 0.3 is 0 Å². The lowest BCUT2D eigenvalue weighted by molar-refractivity contribution is 0.258. The molecule has 0 heterocycles. The average molecular weight is 166 g/mol. The number of hydrogen-bond donors (Lipinski definition) is 1. The quantitative estimate of drug-likeness (QED) is 0.622. The second-order valence-electron chi connectivity index (χ2n) is 4.16. The molecule has 1 aliphatic carbocycles. The molecule has 2 heteroatoms. The van der Waals surface area contributed by atoms with Crippen molar-refractivity contribution in [3.63, 3.8) is 0 Å². The van der Waals surface area contributed by atoms with Crippen molar-refractivity contribution in [2.24, 2.45) is 11.7 Å². The van der Waals surface area contributed by atoms with Crippen molar-refractivity contribution in [1.29, 1.82) is 0 Å². The molecule has 2 nitrogen and oxygen atoms in total. The predicted molar refractivity (Wildman–Crippen MR) is 51.6 cm³/mol. The molecule has 12 heavy (non-hydrogen) atoms. The molecular weight excluding hydrogens is 148 g/mol. The van der Waals surface area contributed by atoms with E-state index in [1.54, 1.807) is 0 Å². The van der Waals surface area contributed by atoms with Crippen molar-refractivity contribution < 1.29 is 0 Å². The molecule has 0 saturated heterocycles. The van der Waals surface area contributed by atoms with Gasteiger partial charge in [0.2, 0.25) is 0 Å². The van der Waals surface area contributed by atoms with Crippen LogP contribution in [-0.4, -0.2) is 30.6 Å². The number of nitrogens with zero attached hydrogens (tertiary/aromatic N) is 1. The van der Waals surface area contributed by atoms with Crippen LogP contribution in [0.4, 0.5) is 0 Å². The smallest absolute Gasteiger partial charge is 0.0597 e. The summed E-state index contributed by atoms with van der Waals surface area (Å²) in [5, 5.41) is 0. The molecule has 0 aromatic rings. The van der Waals surface area contributed by atoms with Crippen molar-refractivity contribution in [3.8, 4) is 12.3 Å². The third-order valence-electron chi connectivity index (χ3n) is 2.48. The Balaban J connectivity index is 2.33. The van der Waals surface area contributed by atoms with Crippen molar-refractivity contribution in [2.45, 2.75) is 25.3 Å². The Hall–Kier alpha value is -0.520. The highest BCUT2D eigenvalue weighted by Gasteiger charge is 2.38. The van der Waals surface area contributed by atoms with E-state index in [2.05, 4.69) is 17.7 Å². The molecule has 0 amide bonds. The van der Waals surface area contributed by atoms with Gasteiger partial charge in [0.05, 0.1) is 6.54 Å². The van der Waals surface area contributed by atoms with Gasteiger partial charge in [-0.1, -0.05) is 5.92 Å². The molecule has 1 atom stereocenters. The molecule has 68 valence electrons. The topological polar surface area (TPSA) is 29.3 Å². The summed E-state index contributed by atoms with van der Waals surface area (Å²) in [6.07, 6.45) is 7.78. The molecule has 0 aromatic carbocycles. The van der Waals surface area contributed by atoms with Crippen molar-refractivity contribution in [2.75, 3.05) is 20.1 Å². The van der Waals surface area contributed by atoms with E-state index >= 15 is 0 Å². The maximum atomic E-state index is 6.14. The van der Waals surface area contributed by atoms with Gasteiger partial charge in [-0.05, 0) is 32.7 Å². The molecule has 1 saturated carbocycles. The van der Waals surface area contributed by atoms with Gasteiger partial charge in [-0.2, -0.15) is 0 Å². The Bertz CT molecular complexity index is 187. The van der Waals surface area contributed by atoms with Crippen molar-refractivity contribution >= 4 is 0 Å². The van der Waals surface area contributed by atoms with Gasteiger partial charge in [0.25, 0.3) is 0 Å². The molecule has 0 aliphatic heterocycles.